The molecule has 0 radical (unpaired) electrons. The van der Waals surface area contributed by atoms with Gasteiger partial charge in [-0.15, -0.1) is 0 Å². The number of carbonyl (C=O) groups excluding carboxylic acids is 1. The van der Waals surface area contributed by atoms with Crippen LogP contribution < -0.4 is 10.6 Å². The molecule has 1 saturated carbocycles. The smallest absolute Gasteiger partial charge is 0.245 e. The maximum Gasteiger partial charge on any atom is 0.245 e. The molecule has 21 heavy (non-hydrogen) atoms. The molecule has 2 atom stereocenters. The van der Waals surface area contributed by atoms with E-state index in [0.717, 1.165) is 5.69 Å². The van der Waals surface area contributed by atoms with E-state index in [4.69, 9.17) is 4.74 Å². The van der Waals surface area contributed by atoms with Crippen LogP contribution in [0.25, 0.3) is 0 Å². The minimum Gasteiger partial charge on any atom is -0.375 e. The van der Waals surface area contributed by atoms with Crippen LogP contribution in [0.15, 0.2) is 6.07 Å². The Labute approximate surface area is 125 Å². The van der Waals surface area contributed by atoms with E-state index in [-0.39, 0.29) is 18.1 Å². The number of nitrogens with one attached hydrogen (secondary N) is 3. The maximum absolute atomic E-state index is 12.3. The van der Waals surface area contributed by atoms with Gasteiger partial charge < -0.3 is 15.4 Å². The summed E-state index contributed by atoms with van der Waals surface area (Å²) in [6, 6.07) is 1.66. The Morgan fingerprint density at radius 2 is 2.19 bits per heavy atom. The predicted octanol–water partition coefficient (Wildman–Crippen LogP) is 1.77. The molecule has 0 bridgehead atoms. The van der Waals surface area contributed by atoms with Crippen molar-refractivity contribution in [2.24, 2.45) is 0 Å². The minimum atomic E-state index is -0.311. The van der Waals surface area contributed by atoms with Gasteiger partial charge in [-0.1, -0.05) is 19.3 Å². The zero-order valence-corrected chi connectivity index (χ0v) is 12.5. The first kappa shape index (κ1) is 14.5. The van der Waals surface area contributed by atoms with Crippen molar-refractivity contribution >= 4 is 11.7 Å². The summed E-state index contributed by atoms with van der Waals surface area (Å²) < 4.78 is 5.50. The van der Waals surface area contributed by atoms with E-state index < -0.39 is 0 Å². The molecule has 2 aliphatic rings. The maximum atomic E-state index is 12.3. The van der Waals surface area contributed by atoms with Crippen LogP contribution in [-0.4, -0.2) is 41.4 Å². The lowest BCUT2D eigenvalue weighted by atomic mass is 9.87. The van der Waals surface area contributed by atoms with Gasteiger partial charge in [0.15, 0.2) is 5.82 Å². The third-order valence-electron chi connectivity index (χ3n) is 4.49. The van der Waals surface area contributed by atoms with Crippen molar-refractivity contribution < 1.29 is 9.53 Å². The summed E-state index contributed by atoms with van der Waals surface area (Å²) in [6.45, 7) is 3.27. The Morgan fingerprint density at radius 3 is 2.95 bits per heavy atom. The van der Waals surface area contributed by atoms with Gasteiger partial charge in [-0.05, 0) is 19.8 Å². The number of aromatic nitrogens is 2. The van der Waals surface area contributed by atoms with Crippen molar-refractivity contribution in [3.05, 3.63) is 11.8 Å². The summed E-state index contributed by atoms with van der Waals surface area (Å²) in [5, 5.41) is 13.4. The molecule has 1 amide bonds. The number of hydrogen-bond acceptors (Lipinski definition) is 4. The summed E-state index contributed by atoms with van der Waals surface area (Å²) in [7, 11) is 0. The van der Waals surface area contributed by atoms with E-state index >= 15 is 0 Å². The number of carbonyl (C=O) groups is 1. The molecule has 1 aromatic heterocycles. The second-order valence-corrected chi connectivity index (χ2v) is 6.04. The van der Waals surface area contributed by atoms with Crippen LogP contribution in [0.4, 0.5) is 5.82 Å². The molecular weight excluding hydrogens is 268 g/mol. The number of anilines is 1. The third kappa shape index (κ3) is 3.44. The molecule has 2 heterocycles. The van der Waals surface area contributed by atoms with Crippen LogP contribution in [-0.2, 0) is 9.53 Å². The molecule has 0 aromatic carbocycles. The Balaban J connectivity index is 1.59. The number of morpholine rings is 1. The molecule has 116 valence electrons. The quantitative estimate of drug-likeness (QED) is 0.793. The van der Waals surface area contributed by atoms with Crippen LogP contribution in [0.3, 0.4) is 0 Å². The Morgan fingerprint density at radius 1 is 1.38 bits per heavy atom. The van der Waals surface area contributed by atoms with E-state index in [2.05, 4.69) is 20.8 Å². The van der Waals surface area contributed by atoms with Crippen molar-refractivity contribution in [3.8, 4) is 0 Å². The Kier molecular flexibility index (Phi) is 4.55. The zero-order chi connectivity index (χ0) is 14.7. The molecule has 1 saturated heterocycles. The highest BCUT2D eigenvalue weighted by atomic mass is 16.5. The molecule has 3 rings (SSSR count). The van der Waals surface area contributed by atoms with Crippen molar-refractivity contribution in [2.75, 3.05) is 18.5 Å². The molecule has 2 fully saturated rings. The van der Waals surface area contributed by atoms with Crippen molar-refractivity contribution in [2.45, 2.75) is 57.1 Å². The van der Waals surface area contributed by atoms with Gasteiger partial charge in [0.25, 0.3) is 0 Å². The summed E-state index contributed by atoms with van der Waals surface area (Å²) in [6.07, 6.45) is 6.21. The van der Waals surface area contributed by atoms with Crippen molar-refractivity contribution in [1.29, 1.82) is 0 Å². The van der Waals surface area contributed by atoms with Crippen molar-refractivity contribution in [1.82, 2.24) is 15.5 Å². The number of amides is 1. The Bertz CT molecular complexity index is 482. The fourth-order valence-electron chi connectivity index (χ4n) is 3.25. The number of rotatable bonds is 3. The zero-order valence-electron chi connectivity index (χ0n) is 12.5. The lowest BCUT2D eigenvalue weighted by molar-refractivity contribution is -0.123. The standard InChI is InChI=1S/C15H24N4O2/c1-10-14(16-7-8-21-10)15(20)17-13-9-12(18-19-13)11-5-3-2-4-6-11/h9-11,14,16H,2-8H2,1H3,(H2,17,18,19,20)/t10-,14+/m1/s1. The normalized spacial score (nSPS) is 27.5. The summed E-state index contributed by atoms with van der Waals surface area (Å²) in [5.74, 6) is 1.09. The van der Waals surface area contributed by atoms with Gasteiger partial charge in [-0.2, -0.15) is 5.10 Å². The van der Waals surface area contributed by atoms with Crippen LogP contribution >= 0.6 is 0 Å². The highest BCUT2D eigenvalue weighted by Gasteiger charge is 2.29. The molecule has 6 nitrogen and oxygen atoms in total. The second-order valence-electron chi connectivity index (χ2n) is 6.04. The molecule has 1 aliphatic heterocycles. The number of hydrogen-bond donors (Lipinski definition) is 3. The first-order valence-corrected chi connectivity index (χ1v) is 7.95. The average Bonchev–Trinajstić information content (AvgIpc) is 2.97. The first-order chi connectivity index (χ1) is 10.2. The van der Waals surface area contributed by atoms with E-state index in [1.165, 1.54) is 32.1 Å². The monoisotopic (exact) mass is 292 g/mol. The van der Waals surface area contributed by atoms with Gasteiger partial charge >= 0.3 is 0 Å². The summed E-state index contributed by atoms with van der Waals surface area (Å²) in [5.41, 5.74) is 1.14. The van der Waals surface area contributed by atoms with Gasteiger partial charge in [0, 0.05) is 24.2 Å². The van der Waals surface area contributed by atoms with E-state index in [0.29, 0.717) is 24.9 Å². The molecule has 3 N–H and O–H groups in total. The fraction of sp³-hybridized carbons (Fsp3) is 0.733. The highest BCUT2D eigenvalue weighted by Crippen LogP contribution is 2.32. The summed E-state index contributed by atoms with van der Waals surface area (Å²) >= 11 is 0. The van der Waals surface area contributed by atoms with Crippen LogP contribution in [0.2, 0.25) is 0 Å². The molecule has 0 unspecified atom stereocenters. The largest absolute Gasteiger partial charge is 0.375 e. The van der Waals surface area contributed by atoms with E-state index in [1.54, 1.807) is 0 Å². The van der Waals surface area contributed by atoms with Crippen LogP contribution in [0.5, 0.6) is 0 Å². The highest BCUT2D eigenvalue weighted by molar-refractivity contribution is 5.94. The Hall–Kier alpha value is -1.40. The van der Waals surface area contributed by atoms with Gasteiger partial charge in [-0.3, -0.25) is 9.89 Å². The average molecular weight is 292 g/mol. The predicted molar refractivity (Wildman–Crippen MR) is 80.2 cm³/mol. The molecule has 0 spiro atoms. The van der Waals surface area contributed by atoms with E-state index in [1.807, 2.05) is 13.0 Å². The number of nitrogens with zero attached hydrogens (tertiary/aromatic N) is 1. The topological polar surface area (TPSA) is 79.0 Å². The van der Waals surface area contributed by atoms with Gasteiger partial charge in [0.2, 0.25) is 5.91 Å². The molecule has 1 aliphatic carbocycles. The van der Waals surface area contributed by atoms with E-state index in [9.17, 15) is 4.79 Å². The van der Waals surface area contributed by atoms with Crippen molar-refractivity contribution in [3.63, 3.8) is 0 Å². The third-order valence-corrected chi connectivity index (χ3v) is 4.49. The lowest BCUT2D eigenvalue weighted by Gasteiger charge is -2.28. The number of ether oxygens (including phenoxy) is 1. The first-order valence-electron chi connectivity index (χ1n) is 7.95. The summed E-state index contributed by atoms with van der Waals surface area (Å²) in [4.78, 5) is 12.3. The van der Waals surface area contributed by atoms with Gasteiger partial charge in [-0.25, -0.2) is 0 Å². The van der Waals surface area contributed by atoms with Crippen LogP contribution in [0, 0.1) is 0 Å². The number of aromatic amines is 1. The lowest BCUT2D eigenvalue weighted by Crippen LogP contribution is -2.53. The second kappa shape index (κ2) is 6.58. The molecular formula is C15H24N4O2. The van der Waals surface area contributed by atoms with Gasteiger partial charge in [0.05, 0.1) is 12.7 Å². The molecule has 1 aromatic rings. The minimum absolute atomic E-state index is 0.0797. The fourth-order valence-corrected chi connectivity index (χ4v) is 3.25. The SMILES string of the molecule is C[C@H]1OCCN[C@@H]1C(=O)Nc1cc(C2CCCCC2)[nH]n1. The molecule has 6 heteroatoms. The van der Waals surface area contributed by atoms with Crippen LogP contribution in [0.1, 0.15) is 50.6 Å². The van der Waals surface area contributed by atoms with Gasteiger partial charge in [0.1, 0.15) is 6.04 Å². The number of H-pyrrole nitrogens is 1.